The van der Waals surface area contributed by atoms with Crippen molar-refractivity contribution < 1.29 is 5.11 Å². The van der Waals surface area contributed by atoms with E-state index in [-0.39, 0.29) is 6.10 Å². The van der Waals surface area contributed by atoms with E-state index in [1.165, 1.54) is 31.2 Å². The molecular weight excluding hydrogens is 288 g/mol. The molecule has 2 bridgehead atoms. The predicted octanol–water partition coefficient (Wildman–Crippen LogP) is 4.62. The fourth-order valence-corrected chi connectivity index (χ4v) is 4.21. The number of aliphatic hydroxyl groups is 1. The lowest BCUT2D eigenvalue weighted by Crippen LogP contribution is -2.14. The second-order valence-corrected chi connectivity index (χ2v) is 7.05. The third-order valence-electron chi connectivity index (χ3n) is 4.98. The Morgan fingerprint density at radius 3 is 2.78 bits per heavy atom. The van der Waals surface area contributed by atoms with Crippen molar-refractivity contribution in [2.24, 2.45) is 17.8 Å². The highest BCUT2D eigenvalue weighted by molar-refractivity contribution is 9.10. The Kier molecular flexibility index (Phi) is 3.50. The van der Waals surface area contributed by atoms with E-state index in [0.29, 0.717) is 0 Å². The third-order valence-corrected chi connectivity index (χ3v) is 5.87. The normalized spacial score (nSPS) is 31.8. The highest BCUT2D eigenvalue weighted by Gasteiger charge is 2.40. The first-order valence-corrected chi connectivity index (χ1v) is 7.87. The minimum atomic E-state index is -0.277. The first-order chi connectivity index (χ1) is 8.63. The van der Waals surface area contributed by atoms with Gasteiger partial charge in [-0.3, -0.25) is 0 Å². The van der Waals surface area contributed by atoms with Gasteiger partial charge in [0.1, 0.15) is 0 Å². The van der Waals surface area contributed by atoms with Crippen LogP contribution in [0.3, 0.4) is 0 Å². The van der Waals surface area contributed by atoms with E-state index < -0.39 is 0 Å². The molecule has 0 aromatic heterocycles. The Bertz CT molecular complexity index is 443. The number of aryl methyl sites for hydroxylation is 1. The largest absolute Gasteiger partial charge is 0.388 e. The molecule has 0 aliphatic heterocycles. The van der Waals surface area contributed by atoms with Crippen molar-refractivity contribution >= 4 is 15.9 Å². The van der Waals surface area contributed by atoms with Crippen molar-refractivity contribution in [1.29, 1.82) is 0 Å². The zero-order chi connectivity index (χ0) is 12.7. The summed E-state index contributed by atoms with van der Waals surface area (Å²) in [6, 6.07) is 6.21. The molecule has 1 aromatic rings. The Morgan fingerprint density at radius 2 is 2.17 bits per heavy atom. The van der Waals surface area contributed by atoms with E-state index in [4.69, 9.17) is 0 Å². The number of rotatable bonds is 3. The molecule has 0 spiro atoms. The lowest BCUT2D eigenvalue weighted by Gasteiger charge is -2.24. The SMILES string of the molecule is Cc1cc(C(O)CC2CC3CCC2C3)ccc1Br. The van der Waals surface area contributed by atoms with Crippen LogP contribution in [0.5, 0.6) is 0 Å². The molecule has 2 aliphatic rings. The highest BCUT2D eigenvalue weighted by atomic mass is 79.9. The van der Waals surface area contributed by atoms with Gasteiger partial charge in [0, 0.05) is 4.47 Å². The van der Waals surface area contributed by atoms with Gasteiger partial charge in [-0.15, -0.1) is 0 Å². The molecule has 4 unspecified atom stereocenters. The lowest BCUT2D eigenvalue weighted by atomic mass is 9.83. The van der Waals surface area contributed by atoms with Gasteiger partial charge in [-0.05, 0) is 67.6 Å². The van der Waals surface area contributed by atoms with Gasteiger partial charge in [-0.2, -0.15) is 0 Å². The molecule has 2 heteroatoms. The number of hydrogen-bond acceptors (Lipinski definition) is 1. The van der Waals surface area contributed by atoms with Gasteiger partial charge in [0.15, 0.2) is 0 Å². The van der Waals surface area contributed by atoms with Crippen LogP contribution in [0.1, 0.15) is 49.3 Å². The maximum absolute atomic E-state index is 10.4. The van der Waals surface area contributed by atoms with Crippen molar-refractivity contribution in [1.82, 2.24) is 0 Å². The maximum Gasteiger partial charge on any atom is 0.0792 e. The summed E-state index contributed by atoms with van der Waals surface area (Å²) in [4.78, 5) is 0. The van der Waals surface area contributed by atoms with Gasteiger partial charge in [0.2, 0.25) is 0 Å². The Labute approximate surface area is 118 Å². The zero-order valence-corrected chi connectivity index (χ0v) is 12.5. The van der Waals surface area contributed by atoms with Crippen LogP contribution in [0.15, 0.2) is 22.7 Å². The summed E-state index contributed by atoms with van der Waals surface area (Å²) in [6.07, 6.45) is 6.31. The fraction of sp³-hybridized carbons (Fsp3) is 0.625. The average Bonchev–Trinajstić information content (AvgIpc) is 2.94. The molecule has 1 nitrogen and oxygen atoms in total. The van der Waals surface area contributed by atoms with Crippen LogP contribution >= 0.6 is 15.9 Å². The molecular formula is C16H21BrO. The molecule has 0 amide bonds. The Balaban J connectivity index is 1.67. The summed E-state index contributed by atoms with van der Waals surface area (Å²) in [5, 5.41) is 10.4. The number of benzene rings is 1. The Hall–Kier alpha value is -0.340. The van der Waals surface area contributed by atoms with Crippen LogP contribution in [0.4, 0.5) is 0 Å². The third kappa shape index (κ3) is 2.37. The van der Waals surface area contributed by atoms with Gasteiger partial charge >= 0.3 is 0 Å². The second kappa shape index (κ2) is 4.97. The van der Waals surface area contributed by atoms with Crippen LogP contribution in [0, 0.1) is 24.7 Å². The van der Waals surface area contributed by atoms with Crippen LogP contribution in [0.25, 0.3) is 0 Å². The number of hydrogen-bond donors (Lipinski definition) is 1. The first-order valence-electron chi connectivity index (χ1n) is 7.07. The lowest BCUT2D eigenvalue weighted by molar-refractivity contribution is 0.125. The molecule has 0 radical (unpaired) electrons. The van der Waals surface area contributed by atoms with Crippen LogP contribution in [-0.4, -0.2) is 5.11 Å². The molecule has 1 aromatic carbocycles. The van der Waals surface area contributed by atoms with E-state index in [1.54, 1.807) is 0 Å². The van der Waals surface area contributed by atoms with Crippen molar-refractivity contribution in [3.63, 3.8) is 0 Å². The van der Waals surface area contributed by atoms with E-state index in [0.717, 1.165) is 34.2 Å². The van der Waals surface area contributed by atoms with Gasteiger partial charge in [0.25, 0.3) is 0 Å². The fourth-order valence-electron chi connectivity index (χ4n) is 3.96. The summed E-state index contributed by atoms with van der Waals surface area (Å²) in [7, 11) is 0. The minimum absolute atomic E-state index is 0.277. The Morgan fingerprint density at radius 1 is 1.33 bits per heavy atom. The van der Waals surface area contributed by atoms with Gasteiger partial charge in [-0.25, -0.2) is 0 Å². The zero-order valence-electron chi connectivity index (χ0n) is 10.9. The quantitative estimate of drug-likeness (QED) is 0.864. The average molecular weight is 309 g/mol. The molecule has 2 fully saturated rings. The van der Waals surface area contributed by atoms with Crippen molar-refractivity contribution in [3.8, 4) is 0 Å². The van der Waals surface area contributed by atoms with Gasteiger partial charge < -0.3 is 5.11 Å². The highest BCUT2D eigenvalue weighted by Crippen LogP contribution is 2.50. The molecule has 2 saturated carbocycles. The topological polar surface area (TPSA) is 20.2 Å². The summed E-state index contributed by atoms with van der Waals surface area (Å²) in [5.74, 6) is 2.64. The smallest absolute Gasteiger partial charge is 0.0792 e. The first kappa shape index (κ1) is 12.7. The predicted molar refractivity (Wildman–Crippen MR) is 77.4 cm³/mol. The van der Waals surface area contributed by atoms with Crippen molar-refractivity contribution in [2.45, 2.75) is 45.1 Å². The van der Waals surface area contributed by atoms with Crippen LogP contribution in [-0.2, 0) is 0 Å². The summed E-state index contributed by atoms with van der Waals surface area (Å²) in [6.45, 7) is 2.08. The molecule has 2 aliphatic carbocycles. The standard InChI is InChI=1S/C16H21BrO/c1-10-6-13(4-5-15(10)17)16(18)9-14-8-11-2-3-12(14)7-11/h4-6,11-12,14,16,18H,2-3,7-9H2,1H3. The van der Waals surface area contributed by atoms with Crippen molar-refractivity contribution in [2.75, 3.05) is 0 Å². The molecule has 1 N–H and O–H groups in total. The van der Waals surface area contributed by atoms with E-state index >= 15 is 0 Å². The molecule has 0 saturated heterocycles. The van der Waals surface area contributed by atoms with Gasteiger partial charge in [0.05, 0.1) is 6.10 Å². The number of aliphatic hydroxyl groups excluding tert-OH is 1. The van der Waals surface area contributed by atoms with E-state index in [2.05, 4.69) is 41.1 Å². The second-order valence-electron chi connectivity index (χ2n) is 6.20. The van der Waals surface area contributed by atoms with Crippen molar-refractivity contribution in [3.05, 3.63) is 33.8 Å². The summed E-state index contributed by atoms with van der Waals surface area (Å²) < 4.78 is 1.12. The van der Waals surface area contributed by atoms with Crippen LogP contribution in [0.2, 0.25) is 0 Å². The number of halogens is 1. The molecule has 4 atom stereocenters. The molecule has 0 heterocycles. The maximum atomic E-state index is 10.4. The monoisotopic (exact) mass is 308 g/mol. The number of fused-ring (bicyclic) bond motifs is 2. The van der Waals surface area contributed by atoms with Crippen LogP contribution < -0.4 is 0 Å². The van der Waals surface area contributed by atoms with E-state index in [1.807, 2.05) is 0 Å². The molecule has 18 heavy (non-hydrogen) atoms. The minimum Gasteiger partial charge on any atom is -0.388 e. The van der Waals surface area contributed by atoms with Gasteiger partial charge in [-0.1, -0.05) is 34.5 Å². The summed E-state index contributed by atoms with van der Waals surface area (Å²) >= 11 is 3.51. The summed E-state index contributed by atoms with van der Waals surface area (Å²) in [5.41, 5.74) is 2.29. The van der Waals surface area contributed by atoms with E-state index in [9.17, 15) is 5.11 Å². The molecule has 3 rings (SSSR count). The molecule has 98 valence electrons.